The molecule has 0 saturated carbocycles. The van der Waals surface area contributed by atoms with Gasteiger partial charge in [-0.1, -0.05) is 6.92 Å². The molecule has 0 aliphatic rings. The first-order valence-electron chi connectivity index (χ1n) is 7.17. The minimum absolute atomic E-state index is 0.0821. The first-order valence-corrected chi connectivity index (χ1v) is 7.17. The number of nitrogens with two attached hydrogens (primary N) is 1. The van der Waals surface area contributed by atoms with E-state index in [4.69, 9.17) is 15.6 Å². The summed E-state index contributed by atoms with van der Waals surface area (Å²) >= 11 is 0. The van der Waals surface area contributed by atoms with Crippen molar-refractivity contribution in [1.29, 1.82) is 0 Å². The lowest BCUT2D eigenvalue weighted by atomic mass is 10.2. The van der Waals surface area contributed by atoms with Crippen LogP contribution in [-0.4, -0.2) is 49.3 Å². The van der Waals surface area contributed by atoms with Gasteiger partial charge in [0.25, 0.3) is 0 Å². The molecule has 1 rings (SSSR count). The molecule has 4 N–H and O–H groups in total. The molecule has 6 heteroatoms. The minimum Gasteiger partial charge on any atom is -0.495 e. The van der Waals surface area contributed by atoms with Crippen molar-refractivity contribution < 1.29 is 14.6 Å². The Kier molecular flexibility index (Phi) is 7.56. The number of methoxy groups -OCH3 is 1. The summed E-state index contributed by atoms with van der Waals surface area (Å²) in [4.78, 5) is 14.1. The number of aliphatic hydroxyl groups excluding tert-OH is 1. The molecule has 0 aliphatic heterocycles. The number of ether oxygens (including phenoxy) is 1. The number of nitrogen functional groups attached to an aromatic ring is 1. The highest BCUT2D eigenvalue weighted by Gasteiger charge is 2.10. The molecule has 0 spiro atoms. The van der Waals surface area contributed by atoms with Gasteiger partial charge in [-0.3, -0.25) is 4.79 Å². The first kappa shape index (κ1) is 17.3. The summed E-state index contributed by atoms with van der Waals surface area (Å²) in [7, 11) is 1.55. The Morgan fingerprint density at radius 1 is 1.43 bits per heavy atom. The van der Waals surface area contributed by atoms with E-state index in [2.05, 4.69) is 10.2 Å². The molecule has 0 aliphatic carbocycles. The standard InChI is InChI=1S/C15H25N3O3/c1-3-18(8-4-10-19)9-7-15(20)17-13-11-12(16)5-6-14(13)21-2/h5-6,11,19H,3-4,7-10,16H2,1-2H3,(H,17,20). The summed E-state index contributed by atoms with van der Waals surface area (Å²) in [6.45, 7) is 4.52. The Morgan fingerprint density at radius 2 is 2.19 bits per heavy atom. The number of hydrogen-bond donors (Lipinski definition) is 3. The zero-order valence-electron chi connectivity index (χ0n) is 12.8. The number of carbonyl (C=O) groups excluding carboxylic acids is 1. The summed E-state index contributed by atoms with van der Waals surface area (Å²) in [5.41, 5.74) is 6.88. The molecular formula is C15H25N3O3. The normalized spacial score (nSPS) is 10.7. The van der Waals surface area contributed by atoms with Crippen molar-refractivity contribution in [1.82, 2.24) is 4.90 Å². The van der Waals surface area contributed by atoms with Gasteiger partial charge in [-0.2, -0.15) is 0 Å². The number of anilines is 2. The molecule has 0 heterocycles. The molecule has 21 heavy (non-hydrogen) atoms. The van der Waals surface area contributed by atoms with E-state index in [1.165, 1.54) is 0 Å². The van der Waals surface area contributed by atoms with E-state index >= 15 is 0 Å². The number of amides is 1. The number of nitrogens with zero attached hydrogens (tertiary/aromatic N) is 1. The fourth-order valence-electron chi connectivity index (χ4n) is 2.02. The zero-order chi connectivity index (χ0) is 15.7. The summed E-state index contributed by atoms with van der Waals surface area (Å²) in [5.74, 6) is 0.506. The lowest BCUT2D eigenvalue weighted by Crippen LogP contribution is -2.29. The van der Waals surface area contributed by atoms with E-state index in [9.17, 15) is 4.79 Å². The second-order valence-electron chi connectivity index (χ2n) is 4.77. The third-order valence-corrected chi connectivity index (χ3v) is 3.23. The van der Waals surface area contributed by atoms with Crippen LogP contribution in [0.3, 0.4) is 0 Å². The zero-order valence-corrected chi connectivity index (χ0v) is 12.8. The summed E-state index contributed by atoms with van der Waals surface area (Å²) in [6, 6.07) is 5.13. The van der Waals surface area contributed by atoms with Crippen LogP contribution in [0.5, 0.6) is 5.75 Å². The number of carbonyl (C=O) groups is 1. The molecule has 0 bridgehead atoms. The van der Waals surface area contributed by atoms with Crippen LogP contribution in [0.2, 0.25) is 0 Å². The highest BCUT2D eigenvalue weighted by atomic mass is 16.5. The van der Waals surface area contributed by atoms with Crippen LogP contribution < -0.4 is 15.8 Å². The Balaban J connectivity index is 2.51. The van der Waals surface area contributed by atoms with Gasteiger partial charge in [-0.15, -0.1) is 0 Å². The van der Waals surface area contributed by atoms with Crippen LogP contribution in [0, 0.1) is 0 Å². The monoisotopic (exact) mass is 295 g/mol. The molecule has 0 radical (unpaired) electrons. The van der Waals surface area contributed by atoms with Crippen molar-refractivity contribution in [2.75, 3.05) is 44.4 Å². The third-order valence-electron chi connectivity index (χ3n) is 3.23. The smallest absolute Gasteiger partial charge is 0.225 e. The van der Waals surface area contributed by atoms with Gasteiger partial charge in [0.15, 0.2) is 0 Å². The topological polar surface area (TPSA) is 87.8 Å². The molecule has 118 valence electrons. The molecule has 0 aromatic heterocycles. The van der Waals surface area contributed by atoms with Gasteiger partial charge in [-0.25, -0.2) is 0 Å². The summed E-state index contributed by atoms with van der Waals surface area (Å²) < 4.78 is 5.19. The Labute approximate surface area is 125 Å². The van der Waals surface area contributed by atoms with Crippen molar-refractivity contribution in [3.8, 4) is 5.75 Å². The van der Waals surface area contributed by atoms with E-state index in [0.29, 0.717) is 30.1 Å². The third kappa shape index (κ3) is 6.01. The molecule has 0 unspecified atom stereocenters. The van der Waals surface area contributed by atoms with Gasteiger partial charge in [0, 0.05) is 31.8 Å². The molecule has 0 fully saturated rings. The predicted molar refractivity (Wildman–Crippen MR) is 84.5 cm³/mol. The predicted octanol–water partition coefficient (Wildman–Crippen LogP) is 1.31. The lowest BCUT2D eigenvalue weighted by Gasteiger charge is -2.19. The Hall–Kier alpha value is -1.79. The van der Waals surface area contributed by atoms with E-state index in [-0.39, 0.29) is 12.5 Å². The maximum atomic E-state index is 12.0. The van der Waals surface area contributed by atoms with Crippen LogP contribution in [0.15, 0.2) is 18.2 Å². The SMILES string of the molecule is CCN(CCCO)CCC(=O)Nc1cc(N)ccc1OC. The molecular weight excluding hydrogens is 270 g/mol. The largest absolute Gasteiger partial charge is 0.495 e. The molecule has 0 atom stereocenters. The molecule has 1 aromatic carbocycles. The summed E-state index contributed by atoms with van der Waals surface area (Å²) in [6.07, 6.45) is 1.11. The van der Waals surface area contributed by atoms with Gasteiger partial charge in [0.05, 0.1) is 12.8 Å². The number of rotatable bonds is 9. The number of benzene rings is 1. The van der Waals surface area contributed by atoms with Crippen molar-refractivity contribution in [3.05, 3.63) is 18.2 Å². The van der Waals surface area contributed by atoms with Crippen LogP contribution in [0.1, 0.15) is 19.8 Å². The van der Waals surface area contributed by atoms with Crippen LogP contribution >= 0.6 is 0 Å². The molecule has 0 saturated heterocycles. The Bertz CT molecular complexity index is 452. The molecule has 1 aromatic rings. The van der Waals surface area contributed by atoms with E-state index < -0.39 is 0 Å². The second kappa shape index (κ2) is 9.20. The second-order valence-corrected chi connectivity index (χ2v) is 4.77. The van der Waals surface area contributed by atoms with Gasteiger partial charge in [0.1, 0.15) is 5.75 Å². The van der Waals surface area contributed by atoms with Crippen LogP contribution in [0.25, 0.3) is 0 Å². The molecule has 6 nitrogen and oxygen atoms in total. The first-order chi connectivity index (χ1) is 10.1. The van der Waals surface area contributed by atoms with Crippen molar-refractivity contribution in [2.45, 2.75) is 19.8 Å². The van der Waals surface area contributed by atoms with Crippen LogP contribution in [0.4, 0.5) is 11.4 Å². The fraction of sp³-hybridized carbons (Fsp3) is 0.533. The summed E-state index contributed by atoms with van der Waals surface area (Å²) in [5, 5.41) is 11.7. The van der Waals surface area contributed by atoms with E-state index in [1.807, 2.05) is 6.92 Å². The van der Waals surface area contributed by atoms with Crippen LogP contribution in [-0.2, 0) is 4.79 Å². The lowest BCUT2D eigenvalue weighted by molar-refractivity contribution is -0.116. The fourth-order valence-corrected chi connectivity index (χ4v) is 2.02. The van der Waals surface area contributed by atoms with Gasteiger partial charge < -0.3 is 25.8 Å². The quantitative estimate of drug-likeness (QED) is 0.598. The van der Waals surface area contributed by atoms with E-state index in [0.717, 1.165) is 19.5 Å². The van der Waals surface area contributed by atoms with Gasteiger partial charge >= 0.3 is 0 Å². The van der Waals surface area contributed by atoms with Crippen molar-refractivity contribution in [2.24, 2.45) is 0 Å². The number of hydrogen-bond acceptors (Lipinski definition) is 5. The Morgan fingerprint density at radius 3 is 2.81 bits per heavy atom. The molecule has 1 amide bonds. The average Bonchev–Trinajstić information content (AvgIpc) is 2.47. The van der Waals surface area contributed by atoms with Crippen molar-refractivity contribution in [3.63, 3.8) is 0 Å². The number of nitrogens with one attached hydrogen (secondary N) is 1. The average molecular weight is 295 g/mol. The van der Waals surface area contributed by atoms with Gasteiger partial charge in [0.2, 0.25) is 5.91 Å². The maximum Gasteiger partial charge on any atom is 0.225 e. The number of aliphatic hydroxyl groups is 1. The van der Waals surface area contributed by atoms with Gasteiger partial charge in [-0.05, 0) is 31.2 Å². The minimum atomic E-state index is -0.0821. The maximum absolute atomic E-state index is 12.0. The van der Waals surface area contributed by atoms with E-state index in [1.54, 1.807) is 25.3 Å². The highest BCUT2D eigenvalue weighted by molar-refractivity contribution is 5.93. The highest BCUT2D eigenvalue weighted by Crippen LogP contribution is 2.26. The van der Waals surface area contributed by atoms with Crippen molar-refractivity contribution >= 4 is 17.3 Å².